The molecule has 9 heteroatoms. The fraction of sp³-hybridized carbons (Fsp3) is 0.588. The van der Waals surface area contributed by atoms with Crippen LogP contribution in [0.15, 0.2) is 23.1 Å². The summed E-state index contributed by atoms with van der Waals surface area (Å²) in [5.74, 6) is 0.309. The van der Waals surface area contributed by atoms with Gasteiger partial charge >= 0.3 is 0 Å². The molecule has 0 aliphatic carbocycles. The molecule has 146 valence electrons. The Hall–Kier alpha value is -1.68. The van der Waals surface area contributed by atoms with Crippen LogP contribution >= 0.6 is 0 Å². The van der Waals surface area contributed by atoms with E-state index in [0.29, 0.717) is 12.3 Å². The number of hydrogen-bond acceptors (Lipinski definition) is 5. The Kier molecular flexibility index (Phi) is 7.39. The zero-order valence-electron chi connectivity index (χ0n) is 15.6. The van der Waals surface area contributed by atoms with Crippen molar-refractivity contribution in [1.82, 2.24) is 9.62 Å². The van der Waals surface area contributed by atoms with Crippen LogP contribution in [0.3, 0.4) is 0 Å². The van der Waals surface area contributed by atoms with E-state index >= 15 is 0 Å². The van der Waals surface area contributed by atoms with Crippen molar-refractivity contribution in [3.8, 4) is 5.75 Å². The van der Waals surface area contributed by atoms with Crippen molar-refractivity contribution in [3.63, 3.8) is 0 Å². The summed E-state index contributed by atoms with van der Waals surface area (Å²) in [5, 5.41) is 2.79. The minimum absolute atomic E-state index is 0.142. The van der Waals surface area contributed by atoms with Gasteiger partial charge < -0.3 is 19.7 Å². The molecular weight excluding hydrogens is 358 g/mol. The number of benzene rings is 1. The third-order valence-electron chi connectivity index (χ3n) is 4.44. The van der Waals surface area contributed by atoms with Crippen LogP contribution in [-0.4, -0.2) is 78.7 Å². The van der Waals surface area contributed by atoms with Gasteiger partial charge in [-0.15, -0.1) is 0 Å². The van der Waals surface area contributed by atoms with Gasteiger partial charge in [-0.1, -0.05) is 0 Å². The summed E-state index contributed by atoms with van der Waals surface area (Å²) >= 11 is 0. The molecule has 2 N–H and O–H groups in total. The highest BCUT2D eigenvalue weighted by Crippen LogP contribution is 2.23. The summed E-state index contributed by atoms with van der Waals surface area (Å²) in [6, 6.07) is 4.64. The van der Waals surface area contributed by atoms with Crippen molar-refractivity contribution in [3.05, 3.63) is 23.8 Å². The smallest absolute Gasteiger partial charge is 0.243 e. The quantitative estimate of drug-likeness (QED) is 0.577. The topological polar surface area (TPSA) is 89.4 Å². The minimum Gasteiger partial charge on any atom is -0.496 e. The van der Waals surface area contributed by atoms with E-state index < -0.39 is 10.0 Å². The number of morpholine rings is 1. The first-order chi connectivity index (χ1) is 12.3. The lowest BCUT2D eigenvalue weighted by Gasteiger charge is -2.24. The van der Waals surface area contributed by atoms with Crippen molar-refractivity contribution in [2.45, 2.75) is 11.8 Å². The van der Waals surface area contributed by atoms with E-state index in [2.05, 4.69) is 5.32 Å². The average molecular weight is 386 g/mol. The third-order valence-corrected chi connectivity index (χ3v) is 6.24. The van der Waals surface area contributed by atoms with Crippen LogP contribution < -0.4 is 15.0 Å². The fourth-order valence-electron chi connectivity index (χ4n) is 2.82. The number of nitrogens with one attached hydrogen (secondary N) is 2. The Morgan fingerprint density at radius 1 is 1.35 bits per heavy atom. The molecule has 1 aromatic carbocycles. The average Bonchev–Trinajstić information content (AvgIpc) is 2.62. The maximum Gasteiger partial charge on any atom is 0.243 e. The largest absolute Gasteiger partial charge is 0.496 e. The molecule has 0 spiro atoms. The first-order valence-corrected chi connectivity index (χ1v) is 10.1. The maximum absolute atomic E-state index is 12.6. The van der Waals surface area contributed by atoms with Crippen LogP contribution in [0.4, 0.5) is 0 Å². The zero-order chi connectivity index (χ0) is 19.2. The first kappa shape index (κ1) is 20.6. The zero-order valence-corrected chi connectivity index (χ0v) is 16.4. The molecule has 1 saturated heterocycles. The summed E-state index contributed by atoms with van der Waals surface area (Å²) in [7, 11) is -0.794. The Morgan fingerprint density at radius 2 is 2.04 bits per heavy atom. The summed E-state index contributed by atoms with van der Waals surface area (Å²) in [6.07, 6.45) is 0. The van der Waals surface area contributed by atoms with Crippen LogP contribution in [0.25, 0.3) is 0 Å². The van der Waals surface area contributed by atoms with Gasteiger partial charge in [-0.2, -0.15) is 4.31 Å². The van der Waals surface area contributed by atoms with Crippen molar-refractivity contribution < 1.29 is 27.6 Å². The van der Waals surface area contributed by atoms with Crippen molar-refractivity contribution in [2.24, 2.45) is 0 Å². The van der Waals surface area contributed by atoms with Crippen molar-refractivity contribution in [2.75, 3.05) is 60.1 Å². The summed E-state index contributed by atoms with van der Waals surface area (Å²) in [6.45, 7) is 6.23. The van der Waals surface area contributed by atoms with E-state index in [9.17, 15) is 13.2 Å². The van der Waals surface area contributed by atoms with Crippen LogP contribution in [-0.2, 0) is 19.6 Å². The van der Waals surface area contributed by atoms with Crippen LogP contribution in [0.2, 0.25) is 0 Å². The fourth-order valence-corrected chi connectivity index (χ4v) is 4.04. The number of likely N-dealkylation sites (N-methyl/N-ethyl adjacent to an activating group) is 1. The number of methoxy groups -OCH3 is 1. The lowest BCUT2D eigenvalue weighted by atomic mass is 10.2. The minimum atomic E-state index is -3.73. The SMILES string of the molecule is COc1ccc(S(=O)(=O)N(C)CC(=O)NCC[NH+]2CCOCC2)cc1C. The second-order valence-corrected chi connectivity index (χ2v) is 8.40. The Morgan fingerprint density at radius 3 is 2.65 bits per heavy atom. The number of rotatable bonds is 8. The molecule has 1 aliphatic heterocycles. The molecular formula is C17H28N3O5S+. The number of aryl methyl sites for hydroxylation is 1. The van der Waals surface area contributed by atoms with E-state index in [4.69, 9.17) is 9.47 Å². The highest BCUT2D eigenvalue weighted by atomic mass is 32.2. The third kappa shape index (κ3) is 5.41. The van der Waals surface area contributed by atoms with Crippen LogP contribution in [0.5, 0.6) is 5.75 Å². The molecule has 0 radical (unpaired) electrons. The van der Waals surface area contributed by atoms with Crippen LogP contribution in [0.1, 0.15) is 5.56 Å². The molecule has 1 fully saturated rings. The number of quaternary nitrogens is 1. The molecule has 0 saturated carbocycles. The van der Waals surface area contributed by atoms with E-state index in [1.807, 2.05) is 0 Å². The van der Waals surface area contributed by atoms with Gasteiger partial charge in [0.25, 0.3) is 0 Å². The number of carbonyl (C=O) groups is 1. The summed E-state index contributed by atoms with van der Waals surface area (Å²) < 4.78 is 36.8. The second kappa shape index (κ2) is 9.31. The molecule has 0 atom stereocenters. The van der Waals surface area contributed by atoms with Gasteiger partial charge in [0.1, 0.15) is 18.8 Å². The Balaban J connectivity index is 1.87. The number of amides is 1. The predicted molar refractivity (Wildman–Crippen MR) is 96.9 cm³/mol. The van der Waals surface area contributed by atoms with Gasteiger partial charge in [0, 0.05) is 7.05 Å². The van der Waals surface area contributed by atoms with E-state index in [1.54, 1.807) is 19.1 Å². The van der Waals surface area contributed by atoms with Gasteiger partial charge in [0.2, 0.25) is 15.9 Å². The van der Waals surface area contributed by atoms with E-state index in [-0.39, 0.29) is 17.3 Å². The predicted octanol–water partition coefficient (Wildman–Crippen LogP) is -1.34. The lowest BCUT2D eigenvalue weighted by Crippen LogP contribution is -3.14. The molecule has 0 bridgehead atoms. The van der Waals surface area contributed by atoms with E-state index in [1.165, 1.54) is 25.1 Å². The van der Waals surface area contributed by atoms with Gasteiger partial charge in [0.05, 0.1) is 44.9 Å². The standard InChI is InChI=1S/C17H27N3O5S/c1-14-12-15(4-5-16(14)24-3)26(22,23)19(2)13-17(21)18-6-7-20-8-10-25-11-9-20/h4-5,12H,6-11,13H2,1-3H3,(H,18,21)/p+1. The molecule has 1 heterocycles. The lowest BCUT2D eigenvalue weighted by molar-refractivity contribution is -0.906. The van der Waals surface area contributed by atoms with E-state index in [0.717, 1.165) is 42.7 Å². The summed E-state index contributed by atoms with van der Waals surface area (Å²) in [5.41, 5.74) is 0.722. The normalized spacial score (nSPS) is 15.8. The summed E-state index contributed by atoms with van der Waals surface area (Å²) in [4.78, 5) is 13.6. The molecule has 26 heavy (non-hydrogen) atoms. The highest BCUT2D eigenvalue weighted by Gasteiger charge is 2.24. The van der Waals surface area contributed by atoms with Gasteiger partial charge in [0.15, 0.2) is 0 Å². The molecule has 0 unspecified atom stereocenters. The van der Waals surface area contributed by atoms with Gasteiger partial charge in [-0.05, 0) is 30.7 Å². The number of ether oxygens (including phenoxy) is 2. The molecule has 1 aliphatic rings. The van der Waals surface area contributed by atoms with Gasteiger partial charge in [-0.3, -0.25) is 4.79 Å². The monoisotopic (exact) mass is 386 g/mol. The van der Waals surface area contributed by atoms with Crippen molar-refractivity contribution >= 4 is 15.9 Å². The molecule has 0 aromatic heterocycles. The Labute approximate surface area is 155 Å². The number of nitrogens with zero attached hydrogens (tertiary/aromatic N) is 1. The second-order valence-electron chi connectivity index (χ2n) is 6.35. The molecule has 1 amide bonds. The first-order valence-electron chi connectivity index (χ1n) is 8.63. The number of carbonyl (C=O) groups excluding carboxylic acids is 1. The molecule has 8 nitrogen and oxygen atoms in total. The van der Waals surface area contributed by atoms with Gasteiger partial charge in [-0.25, -0.2) is 8.42 Å². The maximum atomic E-state index is 12.6. The molecule has 1 aromatic rings. The Bertz CT molecular complexity index is 717. The number of hydrogen-bond donors (Lipinski definition) is 2. The molecule has 2 rings (SSSR count). The van der Waals surface area contributed by atoms with Crippen LogP contribution in [0, 0.1) is 6.92 Å². The van der Waals surface area contributed by atoms with Crippen molar-refractivity contribution in [1.29, 1.82) is 0 Å². The highest BCUT2D eigenvalue weighted by molar-refractivity contribution is 7.89. The number of sulfonamides is 1.